The molecule has 0 aliphatic carbocycles. The van der Waals surface area contributed by atoms with Crippen LogP contribution in [0, 0.1) is 0 Å². The third-order valence-electron chi connectivity index (χ3n) is 1.24. The van der Waals surface area contributed by atoms with E-state index in [0.29, 0.717) is 0 Å². The molecular weight excluding hydrogens is 201 g/mol. The van der Waals surface area contributed by atoms with Crippen LogP contribution in [-0.2, 0) is 0 Å². The number of halogens is 5. The van der Waals surface area contributed by atoms with E-state index in [4.69, 9.17) is 0 Å². The molecule has 0 radical (unpaired) electrons. The van der Waals surface area contributed by atoms with E-state index in [-0.39, 0.29) is 5.88 Å². The quantitative estimate of drug-likeness (QED) is 0.659. The first-order chi connectivity index (χ1) is 5.36. The van der Waals surface area contributed by atoms with Gasteiger partial charge in [-0.1, -0.05) is 0 Å². The standard InChI is InChI=1S/C5H4F5NS/c6-4(7,5(8,9)10)3-1-12-2-11-3/h1,11H,2H2. The minimum atomic E-state index is -5.52. The Labute approximate surface area is 69.0 Å². The summed E-state index contributed by atoms with van der Waals surface area (Å²) in [7, 11) is 0. The molecule has 1 aliphatic heterocycles. The van der Waals surface area contributed by atoms with Gasteiger partial charge in [0, 0.05) is 0 Å². The molecule has 70 valence electrons. The predicted molar refractivity (Wildman–Crippen MR) is 34.7 cm³/mol. The van der Waals surface area contributed by atoms with Gasteiger partial charge in [-0.2, -0.15) is 22.0 Å². The van der Waals surface area contributed by atoms with Gasteiger partial charge in [0.1, 0.15) is 0 Å². The lowest BCUT2D eigenvalue weighted by molar-refractivity contribution is -0.265. The Hall–Kier alpha value is -0.460. The number of allylic oxidation sites excluding steroid dienone is 1. The van der Waals surface area contributed by atoms with Crippen molar-refractivity contribution in [2.75, 3.05) is 5.88 Å². The van der Waals surface area contributed by atoms with Gasteiger partial charge < -0.3 is 5.32 Å². The highest BCUT2D eigenvalue weighted by molar-refractivity contribution is 8.02. The summed E-state index contributed by atoms with van der Waals surface area (Å²) < 4.78 is 59.7. The molecule has 1 rings (SSSR count). The van der Waals surface area contributed by atoms with Crippen molar-refractivity contribution in [3.05, 3.63) is 11.1 Å². The lowest BCUT2D eigenvalue weighted by Gasteiger charge is -2.20. The smallest absolute Gasteiger partial charge is 0.373 e. The number of hydrogen-bond donors (Lipinski definition) is 1. The van der Waals surface area contributed by atoms with Gasteiger partial charge in [0.2, 0.25) is 0 Å². The molecule has 0 aromatic rings. The Morgan fingerprint density at radius 3 is 2.17 bits per heavy atom. The number of thioether (sulfide) groups is 1. The Bertz CT molecular complexity index is 208. The fraction of sp³-hybridized carbons (Fsp3) is 0.600. The maximum atomic E-state index is 12.4. The Kier molecular flexibility index (Phi) is 2.24. The fourth-order valence-corrected chi connectivity index (χ4v) is 1.34. The van der Waals surface area contributed by atoms with Gasteiger partial charge in [-0.15, -0.1) is 11.8 Å². The van der Waals surface area contributed by atoms with Crippen LogP contribution in [0.25, 0.3) is 0 Å². The lowest BCUT2D eigenvalue weighted by atomic mass is 10.2. The highest BCUT2D eigenvalue weighted by Crippen LogP contribution is 2.41. The molecule has 0 saturated heterocycles. The minimum absolute atomic E-state index is 0.0566. The molecule has 7 heteroatoms. The number of hydrogen-bond acceptors (Lipinski definition) is 2. The molecule has 1 nitrogen and oxygen atoms in total. The second-order valence-corrected chi connectivity index (χ2v) is 2.95. The van der Waals surface area contributed by atoms with Gasteiger partial charge in [-0.05, 0) is 5.41 Å². The largest absolute Gasteiger partial charge is 0.459 e. The number of alkyl halides is 5. The van der Waals surface area contributed by atoms with Crippen molar-refractivity contribution in [3.8, 4) is 0 Å². The third kappa shape index (κ3) is 1.50. The zero-order valence-electron chi connectivity index (χ0n) is 5.58. The van der Waals surface area contributed by atoms with Crippen molar-refractivity contribution in [2.24, 2.45) is 0 Å². The summed E-state index contributed by atoms with van der Waals surface area (Å²) in [6.45, 7) is 0. The molecule has 0 atom stereocenters. The second-order valence-electron chi connectivity index (χ2n) is 2.09. The first-order valence-corrected chi connectivity index (χ1v) is 3.91. The van der Waals surface area contributed by atoms with Crippen LogP contribution < -0.4 is 5.32 Å². The maximum Gasteiger partial charge on any atom is 0.459 e. The second kappa shape index (κ2) is 2.79. The van der Waals surface area contributed by atoms with Crippen molar-refractivity contribution < 1.29 is 22.0 Å². The SMILES string of the molecule is FC(F)(F)C(F)(F)C1=CSCN1. The molecule has 1 aliphatic rings. The summed E-state index contributed by atoms with van der Waals surface area (Å²) in [5.41, 5.74) is -1.07. The molecular formula is C5H4F5NS. The first-order valence-electron chi connectivity index (χ1n) is 2.86. The molecule has 1 N–H and O–H groups in total. The molecule has 0 unspecified atom stereocenters. The minimum Gasteiger partial charge on any atom is -0.373 e. The molecule has 0 spiro atoms. The van der Waals surface area contributed by atoms with E-state index < -0.39 is 17.8 Å². The Morgan fingerprint density at radius 1 is 1.25 bits per heavy atom. The van der Waals surface area contributed by atoms with Gasteiger partial charge >= 0.3 is 12.1 Å². The average molecular weight is 205 g/mol. The molecule has 0 aromatic heterocycles. The normalized spacial score (nSPS) is 18.9. The van der Waals surface area contributed by atoms with Crippen LogP contribution in [-0.4, -0.2) is 18.0 Å². The summed E-state index contributed by atoms with van der Waals surface area (Å²) in [4.78, 5) is 0. The topological polar surface area (TPSA) is 12.0 Å². The highest BCUT2D eigenvalue weighted by atomic mass is 32.2. The summed E-state index contributed by atoms with van der Waals surface area (Å²) in [6, 6.07) is 0. The Morgan fingerprint density at radius 2 is 1.83 bits per heavy atom. The van der Waals surface area contributed by atoms with Crippen LogP contribution in [0.3, 0.4) is 0 Å². The fourth-order valence-electron chi connectivity index (χ4n) is 0.624. The van der Waals surface area contributed by atoms with E-state index in [0.717, 1.165) is 17.2 Å². The molecule has 0 aromatic carbocycles. The van der Waals surface area contributed by atoms with E-state index in [1.165, 1.54) is 0 Å². The molecule has 12 heavy (non-hydrogen) atoms. The summed E-state index contributed by atoms with van der Waals surface area (Å²) in [5, 5.41) is 2.74. The van der Waals surface area contributed by atoms with Gasteiger partial charge in [-0.3, -0.25) is 0 Å². The van der Waals surface area contributed by atoms with E-state index in [2.05, 4.69) is 0 Å². The van der Waals surface area contributed by atoms with Crippen LogP contribution in [0.2, 0.25) is 0 Å². The van der Waals surface area contributed by atoms with Crippen molar-refractivity contribution in [1.29, 1.82) is 0 Å². The monoisotopic (exact) mass is 205 g/mol. The van der Waals surface area contributed by atoms with Gasteiger partial charge in [0.25, 0.3) is 0 Å². The van der Waals surface area contributed by atoms with Gasteiger partial charge in [0.15, 0.2) is 0 Å². The van der Waals surface area contributed by atoms with Gasteiger partial charge in [0.05, 0.1) is 11.6 Å². The highest BCUT2D eigenvalue weighted by Gasteiger charge is 2.60. The molecule has 0 bridgehead atoms. The lowest BCUT2D eigenvalue weighted by Crippen LogP contribution is -2.41. The van der Waals surface area contributed by atoms with Gasteiger partial charge in [-0.25, -0.2) is 0 Å². The van der Waals surface area contributed by atoms with Crippen molar-refractivity contribution >= 4 is 11.8 Å². The Balaban J connectivity index is 2.84. The van der Waals surface area contributed by atoms with Crippen molar-refractivity contribution in [2.45, 2.75) is 12.1 Å². The van der Waals surface area contributed by atoms with Crippen LogP contribution in [0.4, 0.5) is 22.0 Å². The summed E-state index contributed by atoms with van der Waals surface area (Å²) in [6.07, 6.45) is -5.52. The third-order valence-corrected chi connectivity index (χ3v) is 1.95. The number of nitrogens with one attached hydrogen (secondary N) is 1. The summed E-state index contributed by atoms with van der Waals surface area (Å²) >= 11 is 0.872. The average Bonchev–Trinajstić information content (AvgIpc) is 2.34. The van der Waals surface area contributed by atoms with E-state index in [9.17, 15) is 22.0 Å². The summed E-state index contributed by atoms with van der Waals surface area (Å²) in [5.74, 6) is -4.70. The van der Waals surface area contributed by atoms with Crippen molar-refractivity contribution in [3.63, 3.8) is 0 Å². The van der Waals surface area contributed by atoms with Crippen LogP contribution in [0.15, 0.2) is 11.1 Å². The van der Waals surface area contributed by atoms with E-state index in [1.807, 2.05) is 5.32 Å². The van der Waals surface area contributed by atoms with Crippen LogP contribution in [0.5, 0.6) is 0 Å². The van der Waals surface area contributed by atoms with Crippen LogP contribution in [0.1, 0.15) is 0 Å². The first kappa shape index (κ1) is 9.63. The molecule has 0 fully saturated rings. The zero-order chi connectivity index (χ0) is 9.41. The molecule has 1 heterocycles. The molecule has 0 saturated carbocycles. The zero-order valence-corrected chi connectivity index (χ0v) is 6.40. The van der Waals surface area contributed by atoms with Crippen molar-refractivity contribution in [1.82, 2.24) is 5.32 Å². The van der Waals surface area contributed by atoms with E-state index >= 15 is 0 Å². The number of rotatable bonds is 1. The van der Waals surface area contributed by atoms with E-state index in [1.54, 1.807) is 0 Å². The molecule has 0 amide bonds. The maximum absolute atomic E-state index is 12.4. The van der Waals surface area contributed by atoms with Crippen LogP contribution >= 0.6 is 11.8 Å². The predicted octanol–water partition coefficient (Wildman–Crippen LogP) is 2.32.